The van der Waals surface area contributed by atoms with E-state index in [-0.39, 0.29) is 11.8 Å². The minimum Gasteiger partial charge on any atom is -0.332 e. The van der Waals surface area contributed by atoms with Crippen molar-refractivity contribution in [1.29, 1.82) is 0 Å². The Morgan fingerprint density at radius 1 is 1.34 bits per heavy atom. The van der Waals surface area contributed by atoms with Gasteiger partial charge in [-0.3, -0.25) is 14.9 Å². The number of nitro benzene ring substituents is 1. The highest BCUT2D eigenvalue weighted by molar-refractivity contribution is 7.38. The molecule has 0 bridgehead atoms. The fourth-order valence-corrected chi connectivity index (χ4v) is 4.72. The summed E-state index contributed by atoms with van der Waals surface area (Å²) in [5.41, 5.74) is 0.850. The van der Waals surface area contributed by atoms with Gasteiger partial charge in [-0.1, -0.05) is 23.7 Å². The van der Waals surface area contributed by atoms with Gasteiger partial charge in [-0.15, -0.1) is 11.3 Å². The second-order valence-corrected chi connectivity index (χ2v) is 8.49. The molecule has 1 amide bonds. The maximum Gasteiger partial charge on any atom is 0.506 e. The Morgan fingerprint density at radius 2 is 2.10 bits per heavy atom. The Balaban J connectivity index is 1.86. The fraction of sp³-hybridized carbons (Fsp3) is 0.105. The van der Waals surface area contributed by atoms with Gasteiger partial charge in [0, 0.05) is 22.0 Å². The normalized spacial score (nSPS) is 12.8. The number of thiophene rings is 1. The average Bonchev–Trinajstić information content (AvgIpc) is 3.08. The Bertz CT molecular complexity index is 1130. The van der Waals surface area contributed by atoms with Crippen molar-refractivity contribution < 1.29 is 19.2 Å². The lowest BCUT2D eigenvalue weighted by Gasteiger charge is -2.10. The molecule has 0 saturated heterocycles. The Morgan fingerprint density at radius 3 is 2.83 bits per heavy atom. The van der Waals surface area contributed by atoms with E-state index in [1.54, 1.807) is 35.7 Å². The number of rotatable bonds is 7. The first-order chi connectivity index (χ1) is 13.9. The zero-order valence-electron chi connectivity index (χ0n) is 14.8. The summed E-state index contributed by atoms with van der Waals surface area (Å²) in [5, 5.41) is 16.7. The van der Waals surface area contributed by atoms with Crippen LogP contribution >= 0.6 is 31.0 Å². The smallest absolute Gasteiger partial charge is 0.332 e. The van der Waals surface area contributed by atoms with E-state index in [2.05, 4.69) is 5.32 Å². The molecule has 29 heavy (non-hydrogen) atoms. The third kappa shape index (κ3) is 5.05. The minimum absolute atomic E-state index is 0.0912. The lowest BCUT2D eigenvalue weighted by Crippen LogP contribution is -2.26. The first-order valence-corrected chi connectivity index (χ1v) is 11.0. The number of carbonyl (C=O) groups excluding carboxylic acids is 1. The molecule has 0 aliphatic carbocycles. The fourth-order valence-electron chi connectivity index (χ4n) is 2.88. The van der Waals surface area contributed by atoms with Crippen LogP contribution in [-0.2, 0) is 9.36 Å². The lowest BCUT2D eigenvalue weighted by molar-refractivity contribution is -0.385. The molecular formula is C19H15ClN2O5PS+. The second kappa shape index (κ2) is 9.24. The molecule has 1 aromatic heterocycles. The monoisotopic (exact) mass is 449 g/mol. The van der Waals surface area contributed by atoms with E-state index < -0.39 is 24.8 Å². The van der Waals surface area contributed by atoms with Crippen molar-refractivity contribution in [2.45, 2.75) is 5.92 Å². The van der Waals surface area contributed by atoms with Gasteiger partial charge < -0.3 is 5.32 Å². The molecule has 2 aromatic carbocycles. The number of nitrogens with one attached hydrogen (secondary N) is 1. The van der Waals surface area contributed by atoms with Crippen LogP contribution in [0.4, 0.5) is 5.69 Å². The molecule has 2 unspecified atom stereocenters. The van der Waals surface area contributed by atoms with Crippen LogP contribution in [0.1, 0.15) is 17.0 Å². The SMILES string of the molecule is O=C(N/C=C/c1ccccc1[N+](=O)[O-])C(C[P+](=O)O)c1csc2ccc(Cl)cc12. The number of nitrogens with zero attached hydrogens (tertiary/aromatic N) is 1. The largest absolute Gasteiger partial charge is 0.506 e. The van der Waals surface area contributed by atoms with Crippen molar-refractivity contribution in [2.75, 3.05) is 6.16 Å². The van der Waals surface area contributed by atoms with Crippen molar-refractivity contribution in [3.63, 3.8) is 0 Å². The van der Waals surface area contributed by atoms with Gasteiger partial charge in [0.15, 0.2) is 6.16 Å². The molecule has 7 nitrogen and oxygen atoms in total. The van der Waals surface area contributed by atoms with Gasteiger partial charge in [0.05, 0.1) is 10.5 Å². The molecule has 10 heteroatoms. The van der Waals surface area contributed by atoms with Crippen LogP contribution in [0.2, 0.25) is 5.02 Å². The molecule has 0 aliphatic heterocycles. The number of halogens is 1. The molecular weight excluding hydrogens is 435 g/mol. The lowest BCUT2D eigenvalue weighted by atomic mass is 9.99. The zero-order chi connectivity index (χ0) is 21.0. The van der Waals surface area contributed by atoms with Crippen LogP contribution in [0.25, 0.3) is 16.2 Å². The number of carbonyl (C=O) groups is 1. The molecule has 2 atom stereocenters. The van der Waals surface area contributed by atoms with Crippen LogP contribution in [0, 0.1) is 10.1 Å². The molecule has 0 radical (unpaired) electrons. The molecule has 0 aliphatic rings. The first-order valence-electron chi connectivity index (χ1n) is 8.37. The molecule has 3 aromatic rings. The summed E-state index contributed by atoms with van der Waals surface area (Å²) in [6, 6.07) is 11.4. The third-order valence-corrected chi connectivity index (χ3v) is 6.11. The van der Waals surface area contributed by atoms with Gasteiger partial charge in [0.2, 0.25) is 5.91 Å². The van der Waals surface area contributed by atoms with E-state index in [9.17, 15) is 24.4 Å². The number of amides is 1. The van der Waals surface area contributed by atoms with E-state index >= 15 is 0 Å². The number of hydrogen-bond donors (Lipinski definition) is 2. The highest BCUT2D eigenvalue weighted by Gasteiger charge is 2.31. The van der Waals surface area contributed by atoms with E-state index in [0.717, 1.165) is 10.1 Å². The van der Waals surface area contributed by atoms with Gasteiger partial charge in [0.25, 0.3) is 5.69 Å². The second-order valence-electron chi connectivity index (χ2n) is 6.08. The highest BCUT2D eigenvalue weighted by Crippen LogP contribution is 2.36. The number of fused-ring (bicyclic) bond motifs is 1. The molecule has 0 fully saturated rings. The van der Waals surface area contributed by atoms with E-state index in [0.29, 0.717) is 16.1 Å². The third-order valence-electron chi connectivity index (χ3n) is 4.22. The zero-order valence-corrected chi connectivity index (χ0v) is 17.3. The maximum atomic E-state index is 12.8. The summed E-state index contributed by atoms with van der Waals surface area (Å²) in [6.45, 7) is 0. The van der Waals surface area contributed by atoms with E-state index in [4.69, 9.17) is 11.6 Å². The summed E-state index contributed by atoms with van der Waals surface area (Å²) >= 11 is 7.47. The highest BCUT2D eigenvalue weighted by atomic mass is 35.5. The van der Waals surface area contributed by atoms with Crippen LogP contribution < -0.4 is 5.32 Å². The van der Waals surface area contributed by atoms with Crippen LogP contribution in [-0.4, -0.2) is 21.9 Å². The van der Waals surface area contributed by atoms with Gasteiger partial charge in [0.1, 0.15) is 5.92 Å². The Kier molecular flexibility index (Phi) is 6.71. The summed E-state index contributed by atoms with van der Waals surface area (Å²) in [5.74, 6) is -1.36. The van der Waals surface area contributed by atoms with E-state index in [1.807, 2.05) is 6.07 Å². The Labute approximate surface area is 175 Å². The molecule has 148 valence electrons. The van der Waals surface area contributed by atoms with Crippen LogP contribution in [0.5, 0.6) is 0 Å². The molecule has 2 N–H and O–H groups in total. The van der Waals surface area contributed by atoms with Crippen molar-refractivity contribution in [1.82, 2.24) is 5.32 Å². The summed E-state index contributed by atoms with van der Waals surface area (Å²) in [4.78, 5) is 32.7. The van der Waals surface area contributed by atoms with Crippen molar-refractivity contribution in [3.8, 4) is 0 Å². The number of hydrogen-bond acceptors (Lipinski definition) is 5. The van der Waals surface area contributed by atoms with Gasteiger partial charge >= 0.3 is 8.03 Å². The molecule has 0 saturated carbocycles. The standard InChI is InChI=1S/C19H14ClN2O5PS/c20-13-5-6-18-14(9-13)16(11-29-18)15(10-28(26)27)19(23)21-8-7-12-3-1-2-4-17(12)22(24)25/h1-9,11,15H,10H2,(H-,21,23,26,27)/p+1/b8-7+. The molecule has 1 heterocycles. The van der Waals surface area contributed by atoms with Crippen molar-refractivity contribution in [3.05, 3.63) is 80.3 Å². The minimum atomic E-state index is -2.57. The van der Waals surface area contributed by atoms with Gasteiger partial charge in [-0.25, -0.2) is 0 Å². The summed E-state index contributed by atoms with van der Waals surface area (Å²) < 4.78 is 12.4. The van der Waals surface area contributed by atoms with Crippen LogP contribution in [0.15, 0.2) is 54.0 Å². The number of nitro groups is 1. The predicted octanol–water partition coefficient (Wildman–Crippen LogP) is 5.07. The Hall–Kier alpha value is -2.64. The number of benzene rings is 2. The van der Waals surface area contributed by atoms with Crippen molar-refractivity contribution in [2.24, 2.45) is 0 Å². The van der Waals surface area contributed by atoms with Crippen LogP contribution in [0.3, 0.4) is 0 Å². The molecule has 0 spiro atoms. The predicted molar refractivity (Wildman–Crippen MR) is 115 cm³/mol. The quantitative estimate of drug-likeness (QED) is 0.297. The van der Waals surface area contributed by atoms with Gasteiger partial charge in [-0.05, 0) is 51.2 Å². The van der Waals surface area contributed by atoms with Crippen molar-refractivity contribution >= 4 is 58.7 Å². The first kappa shape index (κ1) is 21.1. The molecule has 3 rings (SSSR count). The summed E-state index contributed by atoms with van der Waals surface area (Å²) in [7, 11) is -2.57. The van der Waals surface area contributed by atoms with E-state index in [1.165, 1.54) is 29.7 Å². The topological polar surface area (TPSA) is 110 Å². The maximum absolute atomic E-state index is 12.8. The number of para-hydroxylation sites is 1. The average molecular weight is 450 g/mol. The summed E-state index contributed by atoms with van der Waals surface area (Å²) in [6.07, 6.45) is 2.46. The van der Waals surface area contributed by atoms with Gasteiger partial charge in [-0.2, -0.15) is 4.89 Å².